The molecule has 1 atom stereocenters. The SMILES string of the molecule is Cl.N[C@@H](CCN1CCC2(CC1)CC(=O)N(Cc1ccc(F)cc1)C2)c1ccccc1. The molecule has 0 unspecified atom stereocenters. The van der Waals surface area contributed by atoms with E-state index in [2.05, 4.69) is 17.0 Å². The molecule has 0 bridgehead atoms. The molecule has 2 N–H and O–H groups in total. The Morgan fingerprint density at radius 3 is 2.37 bits per heavy atom. The van der Waals surface area contributed by atoms with Crippen LogP contribution in [0.5, 0.6) is 0 Å². The van der Waals surface area contributed by atoms with Crippen molar-refractivity contribution in [2.45, 2.75) is 38.3 Å². The molecule has 2 heterocycles. The van der Waals surface area contributed by atoms with E-state index in [1.165, 1.54) is 17.7 Å². The average Bonchev–Trinajstić information content (AvgIpc) is 3.04. The van der Waals surface area contributed by atoms with Gasteiger partial charge in [0.25, 0.3) is 0 Å². The van der Waals surface area contributed by atoms with Crippen LogP contribution in [-0.4, -0.2) is 41.9 Å². The molecule has 0 saturated carbocycles. The van der Waals surface area contributed by atoms with Gasteiger partial charge in [-0.05, 0) is 67.6 Å². The van der Waals surface area contributed by atoms with Crippen molar-refractivity contribution in [2.75, 3.05) is 26.2 Å². The van der Waals surface area contributed by atoms with E-state index in [0.29, 0.717) is 13.0 Å². The van der Waals surface area contributed by atoms with Crippen LogP contribution in [0.15, 0.2) is 54.6 Å². The first-order valence-corrected chi connectivity index (χ1v) is 10.6. The second-order valence-corrected chi connectivity index (χ2v) is 8.70. The number of halogens is 2. The number of carbonyl (C=O) groups excluding carboxylic acids is 1. The quantitative estimate of drug-likeness (QED) is 0.747. The fraction of sp³-hybridized carbons (Fsp3) is 0.458. The van der Waals surface area contributed by atoms with Crippen LogP contribution in [0.2, 0.25) is 0 Å². The van der Waals surface area contributed by atoms with Crippen LogP contribution in [-0.2, 0) is 11.3 Å². The van der Waals surface area contributed by atoms with Crippen LogP contribution < -0.4 is 5.73 Å². The van der Waals surface area contributed by atoms with E-state index in [0.717, 1.165) is 51.0 Å². The Balaban J connectivity index is 0.00000256. The number of nitrogens with zero attached hydrogens (tertiary/aromatic N) is 2. The van der Waals surface area contributed by atoms with Crippen LogP contribution in [0.3, 0.4) is 0 Å². The summed E-state index contributed by atoms with van der Waals surface area (Å²) in [6, 6.07) is 16.8. The Kier molecular flexibility index (Phi) is 7.50. The Bertz CT molecular complexity index is 822. The molecule has 4 nitrogen and oxygen atoms in total. The number of benzene rings is 2. The van der Waals surface area contributed by atoms with E-state index in [1.54, 1.807) is 12.1 Å². The third kappa shape index (κ3) is 5.39. The standard InChI is InChI=1S/C24H30FN3O.ClH/c25-21-8-6-19(7-9-21)17-28-18-24(16-23(28)29)11-14-27(15-12-24)13-10-22(26)20-4-2-1-3-5-20;/h1-9,22H,10-18,26H2;1H/t22-;/m0./s1. The highest BCUT2D eigenvalue weighted by Crippen LogP contribution is 2.41. The van der Waals surface area contributed by atoms with E-state index < -0.39 is 0 Å². The van der Waals surface area contributed by atoms with E-state index in [9.17, 15) is 9.18 Å². The minimum absolute atomic E-state index is 0. The van der Waals surface area contributed by atoms with Crippen LogP contribution in [0.25, 0.3) is 0 Å². The number of rotatable bonds is 6. The van der Waals surface area contributed by atoms with Crippen LogP contribution in [0.1, 0.15) is 42.9 Å². The maximum atomic E-state index is 13.1. The van der Waals surface area contributed by atoms with Crippen LogP contribution >= 0.6 is 12.4 Å². The topological polar surface area (TPSA) is 49.6 Å². The van der Waals surface area contributed by atoms with Gasteiger partial charge in [0.2, 0.25) is 5.91 Å². The van der Waals surface area contributed by atoms with Gasteiger partial charge in [-0.15, -0.1) is 12.4 Å². The van der Waals surface area contributed by atoms with Gasteiger partial charge in [0, 0.05) is 25.6 Å². The molecule has 30 heavy (non-hydrogen) atoms. The van der Waals surface area contributed by atoms with Gasteiger partial charge in [0.05, 0.1) is 0 Å². The zero-order valence-electron chi connectivity index (χ0n) is 17.3. The third-order valence-corrected chi connectivity index (χ3v) is 6.59. The lowest BCUT2D eigenvalue weighted by Gasteiger charge is -2.39. The van der Waals surface area contributed by atoms with Gasteiger partial charge in [-0.1, -0.05) is 42.5 Å². The Labute approximate surface area is 184 Å². The molecule has 1 amide bonds. The molecule has 2 saturated heterocycles. The van der Waals surface area contributed by atoms with Gasteiger partial charge in [0.15, 0.2) is 0 Å². The van der Waals surface area contributed by atoms with Crippen molar-refractivity contribution in [3.63, 3.8) is 0 Å². The lowest BCUT2D eigenvalue weighted by atomic mass is 9.77. The predicted molar refractivity (Wildman–Crippen MR) is 120 cm³/mol. The van der Waals surface area contributed by atoms with Gasteiger partial charge in [-0.25, -0.2) is 4.39 Å². The summed E-state index contributed by atoms with van der Waals surface area (Å²) in [7, 11) is 0. The normalized spacial score (nSPS) is 19.7. The van der Waals surface area contributed by atoms with Gasteiger partial charge < -0.3 is 15.5 Å². The largest absolute Gasteiger partial charge is 0.338 e. The van der Waals surface area contributed by atoms with Gasteiger partial charge in [-0.2, -0.15) is 0 Å². The molecule has 1 spiro atoms. The summed E-state index contributed by atoms with van der Waals surface area (Å²) in [4.78, 5) is 17.0. The molecule has 2 aliphatic rings. The summed E-state index contributed by atoms with van der Waals surface area (Å²) in [6.07, 6.45) is 3.71. The number of nitrogens with two attached hydrogens (primary N) is 1. The molecule has 2 fully saturated rings. The van der Waals surface area contributed by atoms with Gasteiger partial charge in [0.1, 0.15) is 5.82 Å². The number of hydrogen-bond acceptors (Lipinski definition) is 3. The molecule has 4 rings (SSSR count). The summed E-state index contributed by atoms with van der Waals surface area (Å²) in [6.45, 7) is 4.45. The highest BCUT2D eigenvalue weighted by molar-refractivity contribution is 5.85. The van der Waals surface area contributed by atoms with Crippen LogP contribution in [0.4, 0.5) is 4.39 Å². The molecule has 0 radical (unpaired) electrons. The monoisotopic (exact) mass is 431 g/mol. The number of likely N-dealkylation sites (tertiary alicyclic amines) is 2. The minimum atomic E-state index is -0.239. The third-order valence-electron chi connectivity index (χ3n) is 6.59. The summed E-state index contributed by atoms with van der Waals surface area (Å²) in [5.74, 6) is -0.00815. The number of carbonyl (C=O) groups is 1. The molecule has 2 aromatic rings. The predicted octanol–water partition coefficient (Wildman–Crippen LogP) is 4.15. The van der Waals surface area contributed by atoms with Crippen molar-refractivity contribution in [3.05, 3.63) is 71.5 Å². The van der Waals surface area contributed by atoms with E-state index >= 15 is 0 Å². The second-order valence-electron chi connectivity index (χ2n) is 8.70. The van der Waals surface area contributed by atoms with E-state index in [4.69, 9.17) is 5.73 Å². The smallest absolute Gasteiger partial charge is 0.223 e. The van der Waals surface area contributed by atoms with Crippen molar-refractivity contribution in [1.29, 1.82) is 0 Å². The first-order valence-electron chi connectivity index (χ1n) is 10.6. The fourth-order valence-corrected chi connectivity index (χ4v) is 4.71. The summed E-state index contributed by atoms with van der Waals surface area (Å²) in [5, 5.41) is 0. The number of amides is 1. The van der Waals surface area contributed by atoms with E-state index in [-0.39, 0.29) is 35.6 Å². The second kappa shape index (κ2) is 9.90. The van der Waals surface area contributed by atoms with Gasteiger partial charge >= 0.3 is 0 Å². The van der Waals surface area contributed by atoms with Crippen molar-refractivity contribution in [2.24, 2.45) is 11.1 Å². The number of hydrogen-bond donors (Lipinski definition) is 1. The summed E-state index contributed by atoms with van der Waals surface area (Å²) in [5.41, 5.74) is 8.63. The molecule has 0 aliphatic carbocycles. The molecule has 162 valence electrons. The first-order chi connectivity index (χ1) is 14.0. The minimum Gasteiger partial charge on any atom is -0.338 e. The lowest BCUT2D eigenvalue weighted by molar-refractivity contribution is -0.128. The molecule has 6 heteroatoms. The molecular formula is C24H31ClFN3O. The highest BCUT2D eigenvalue weighted by atomic mass is 35.5. The maximum Gasteiger partial charge on any atom is 0.223 e. The zero-order valence-corrected chi connectivity index (χ0v) is 18.1. The average molecular weight is 432 g/mol. The molecule has 2 aliphatic heterocycles. The lowest BCUT2D eigenvalue weighted by Crippen LogP contribution is -2.42. The summed E-state index contributed by atoms with van der Waals surface area (Å²) >= 11 is 0. The highest BCUT2D eigenvalue weighted by Gasteiger charge is 2.44. The molecular weight excluding hydrogens is 401 g/mol. The maximum absolute atomic E-state index is 13.1. The van der Waals surface area contributed by atoms with E-state index in [1.807, 2.05) is 23.1 Å². The summed E-state index contributed by atoms with van der Waals surface area (Å²) < 4.78 is 13.1. The zero-order chi connectivity index (χ0) is 20.3. The van der Waals surface area contributed by atoms with Crippen molar-refractivity contribution >= 4 is 18.3 Å². The fourth-order valence-electron chi connectivity index (χ4n) is 4.71. The van der Waals surface area contributed by atoms with Crippen molar-refractivity contribution < 1.29 is 9.18 Å². The first kappa shape index (κ1) is 22.7. The molecule has 2 aromatic carbocycles. The van der Waals surface area contributed by atoms with Gasteiger partial charge in [-0.3, -0.25) is 4.79 Å². The van der Waals surface area contributed by atoms with Crippen molar-refractivity contribution in [1.82, 2.24) is 9.80 Å². The Morgan fingerprint density at radius 1 is 1.03 bits per heavy atom. The molecule has 0 aromatic heterocycles. The Hall–Kier alpha value is -1.95. The van der Waals surface area contributed by atoms with Crippen LogP contribution in [0, 0.1) is 11.2 Å². The van der Waals surface area contributed by atoms with Crippen molar-refractivity contribution in [3.8, 4) is 0 Å². The Morgan fingerprint density at radius 2 is 1.70 bits per heavy atom. The number of piperidine rings is 1.